The molecule has 1 aliphatic heterocycles. The number of benzene rings is 1. The Morgan fingerprint density at radius 1 is 1.23 bits per heavy atom. The molecule has 138 valence electrons. The predicted octanol–water partition coefficient (Wildman–Crippen LogP) is 2.50. The van der Waals surface area contributed by atoms with Crippen molar-refractivity contribution in [1.82, 2.24) is 5.16 Å². The number of amides is 1. The summed E-state index contributed by atoms with van der Waals surface area (Å²) in [5.41, 5.74) is 1.32. The number of aryl methyl sites for hydroxylation is 2. The topological polar surface area (TPSA) is 99.9 Å². The first kappa shape index (κ1) is 17.8. The molecule has 0 bridgehead atoms. The summed E-state index contributed by atoms with van der Waals surface area (Å²) in [6.07, 6.45) is 1.33. The number of anilines is 1. The highest BCUT2D eigenvalue weighted by molar-refractivity contribution is 5.96. The molecule has 0 aliphatic carbocycles. The van der Waals surface area contributed by atoms with Crippen LogP contribution in [0.1, 0.15) is 35.2 Å². The minimum atomic E-state index is -0.630. The van der Waals surface area contributed by atoms with Gasteiger partial charge in [-0.15, -0.1) is 0 Å². The van der Waals surface area contributed by atoms with Gasteiger partial charge < -0.3 is 24.1 Å². The molecule has 0 spiro atoms. The minimum Gasteiger partial charge on any atom is -0.490 e. The second-order valence-corrected chi connectivity index (χ2v) is 5.75. The molecule has 0 saturated carbocycles. The van der Waals surface area contributed by atoms with Crippen molar-refractivity contribution in [3.05, 3.63) is 35.2 Å². The van der Waals surface area contributed by atoms with Crippen LogP contribution in [0, 0.1) is 6.92 Å². The Labute approximate surface area is 150 Å². The van der Waals surface area contributed by atoms with Crippen molar-refractivity contribution in [2.75, 3.05) is 25.1 Å². The Balaban J connectivity index is 1.58. The molecule has 3 rings (SSSR count). The number of rotatable bonds is 5. The lowest BCUT2D eigenvalue weighted by atomic mass is 10.1. The van der Waals surface area contributed by atoms with Gasteiger partial charge in [-0.3, -0.25) is 4.79 Å². The standard InChI is InChI=1S/C18H20N2O6/c1-3-13-17(11(2)26-20-13)18(22)25-10-16(21)19-12-5-6-14-15(9-12)24-8-4-7-23-14/h5-6,9H,3-4,7-8,10H2,1-2H3,(H,19,21). The van der Waals surface area contributed by atoms with Crippen LogP contribution in [0.15, 0.2) is 22.7 Å². The van der Waals surface area contributed by atoms with Gasteiger partial charge in [-0.1, -0.05) is 12.1 Å². The SMILES string of the molecule is CCc1noc(C)c1C(=O)OCC(=O)Nc1ccc2c(c1)OCCCO2. The van der Waals surface area contributed by atoms with E-state index in [1.54, 1.807) is 25.1 Å². The molecule has 1 aromatic carbocycles. The molecule has 8 heteroatoms. The molecule has 0 saturated heterocycles. The van der Waals surface area contributed by atoms with Crippen molar-refractivity contribution in [2.45, 2.75) is 26.7 Å². The van der Waals surface area contributed by atoms with Crippen molar-refractivity contribution >= 4 is 17.6 Å². The first-order chi connectivity index (χ1) is 12.6. The highest BCUT2D eigenvalue weighted by atomic mass is 16.5. The highest BCUT2D eigenvalue weighted by Crippen LogP contribution is 2.32. The van der Waals surface area contributed by atoms with Gasteiger partial charge in [-0.05, 0) is 25.5 Å². The fraction of sp³-hybridized carbons (Fsp3) is 0.389. The molecular weight excluding hydrogens is 340 g/mol. The third-order valence-corrected chi connectivity index (χ3v) is 3.84. The smallest absolute Gasteiger partial charge is 0.344 e. The first-order valence-corrected chi connectivity index (χ1v) is 8.40. The van der Waals surface area contributed by atoms with Crippen LogP contribution in [0.25, 0.3) is 0 Å². The summed E-state index contributed by atoms with van der Waals surface area (Å²) in [6, 6.07) is 5.11. The van der Waals surface area contributed by atoms with Crippen molar-refractivity contribution in [3.8, 4) is 11.5 Å². The van der Waals surface area contributed by atoms with E-state index in [2.05, 4.69) is 10.5 Å². The van der Waals surface area contributed by atoms with E-state index in [1.807, 2.05) is 6.92 Å². The number of hydrogen-bond acceptors (Lipinski definition) is 7. The average molecular weight is 360 g/mol. The van der Waals surface area contributed by atoms with E-state index < -0.39 is 18.5 Å². The number of ether oxygens (including phenoxy) is 3. The molecule has 1 amide bonds. The molecule has 0 unspecified atom stereocenters. The largest absolute Gasteiger partial charge is 0.490 e. The summed E-state index contributed by atoms with van der Waals surface area (Å²) in [7, 11) is 0. The lowest BCUT2D eigenvalue weighted by Crippen LogP contribution is -2.21. The number of fused-ring (bicyclic) bond motifs is 1. The van der Waals surface area contributed by atoms with Gasteiger partial charge in [0.1, 0.15) is 11.3 Å². The summed E-state index contributed by atoms with van der Waals surface area (Å²) in [6.45, 7) is 4.21. The van der Waals surface area contributed by atoms with E-state index in [0.29, 0.717) is 48.3 Å². The third kappa shape index (κ3) is 3.96. The Morgan fingerprint density at radius 3 is 2.77 bits per heavy atom. The Morgan fingerprint density at radius 2 is 2.00 bits per heavy atom. The van der Waals surface area contributed by atoms with Crippen molar-refractivity contribution < 1.29 is 28.3 Å². The van der Waals surface area contributed by atoms with Gasteiger partial charge in [0.05, 0.1) is 18.9 Å². The number of esters is 1. The maximum atomic E-state index is 12.2. The fourth-order valence-corrected chi connectivity index (χ4v) is 2.56. The van der Waals surface area contributed by atoms with Crippen LogP contribution in [-0.4, -0.2) is 36.9 Å². The second kappa shape index (κ2) is 7.90. The number of hydrogen-bond donors (Lipinski definition) is 1. The van der Waals surface area contributed by atoms with Crippen molar-refractivity contribution in [1.29, 1.82) is 0 Å². The molecule has 2 heterocycles. The Bertz CT molecular complexity index is 814. The number of carbonyl (C=O) groups is 2. The second-order valence-electron chi connectivity index (χ2n) is 5.75. The molecule has 26 heavy (non-hydrogen) atoms. The van der Waals surface area contributed by atoms with E-state index in [1.165, 1.54) is 0 Å². The van der Waals surface area contributed by atoms with E-state index in [9.17, 15) is 9.59 Å². The van der Waals surface area contributed by atoms with Crippen LogP contribution >= 0.6 is 0 Å². The quantitative estimate of drug-likeness (QED) is 0.818. The maximum Gasteiger partial charge on any atom is 0.344 e. The molecule has 1 aliphatic rings. The number of nitrogens with zero attached hydrogens (tertiary/aromatic N) is 1. The zero-order valence-electron chi connectivity index (χ0n) is 14.7. The monoisotopic (exact) mass is 360 g/mol. The molecule has 8 nitrogen and oxygen atoms in total. The van der Waals surface area contributed by atoms with Gasteiger partial charge in [-0.25, -0.2) is 4.79 Å². The van der Waals surface area contributed by atoms with Gasteiger partial charge in [0.25, 0.3) is 5.91 Å². The van der Waals surface area contributed by atoms with Gasteiger partial charge in [-0.2, -0.15) is 0 Å². The van der Waals surface area contributed by atoms with Crippen LogP contribution in [0.4, 0.5) is 5.69 Å². The lowest BCUT2D eigenvalue weighted by molar-refractivity contribution is -0.119. The normalized spacial score (nSPS) is 13.0. The lowest BCUT2D eigenvalue weighted by Gasteiger charge is -2.10. The number of carbonyl (C=O) groups excluding carboxylic acids is 2. The van der Waals surface area contributed by atoms with Gasteiger partial charge in [0, 0.05) is 18.2 Å². The van der Waals surface area contributed by atoms with Crippen LogP contribution < -0.4 is 14.8 Å². The Kier molecular flexibility index (Phi) is 5.40. The summed E-state index contributed by atoms with van der Waals surface area (Å²) < 4.78 is 21.2. The summed E-state index contributed by atoms with van der Waals surface area (Å²) in [4.78, 5) is 24.2. The van der Waals surface area contributed by atoms with Crippen molar-refractivity contribution in [2.24, 2.45) is 0 Å². The maximum absolute atomic E-state index is 12.2. The van der Waals surface area contributed by atoms with E-state index in [0.717, 1.165) is 6.42 Å². The zero-order valence-corrected chi connectivity index (χ0v) is 14.7. The van der Waals surface area contributed by atoms with Crippen LogP contribution in [0.5, 0.6) is 11.5 Å². The summed E-state index contributed by atoms with van der Waals surface area (Å²) in [5, 5.41) is 6.46. The van der Waals surface area contributed by atoms with Gasteiger partial charge >= 0.3 is 5.97 Å². The first-order valence-electron chi connectivity index (χ1n) is 8.40. The van der Waals surface area contributed by atoms with Crippen LogP contribution in [0.3, 0.4) is 0 Å². The number of nitrogens with one attached hydrogen (secondary N) is 1. The highest BCUT2D eigenvalue weighted by Gasteiger charge is 2.21. The van der Waals surface area contributed by atoms with Gasteiger partial charge in [0.2, 0.25) is 0 Å². The van der Waals surface area contributed by atoms with Gasteiger partial charge in [0.15, 0.2) is 18.1 Å². The van der Waals surface area contributed by atoms with Crippen LogP contribution in [0.2, 0.25) is 0 Å². The molecule has 1 aromatic heterocycles. The molecule has 1 N–H and O–H groups in total. The van der Waals surface area contributed by atoms with Crippen LogP contribution in [-0.2, 0) is 16.0 Å². The van der Waals surface area contributed by atoms with E-state index in [-0.39, 0.29) is 5.56 Å². The average Bonchev–Trinajstić information content (AvgIpc) is 2.86. The van der Waals surface area contributed by atoms with E-state index >= 15 is 0 Å². The number of aromatic nitrogens is 1. The molecule has 2 aromatic rings. The van der Waals surface area contributed by atoms with Crippen molar-refractivity contribution in [3.63, 3.8) is 0 Å². The Hall–Kier alpha value is -3.03. The molecule has 0 atom stereocenters. The summed E-state index contributed by atoms with van der Waals surface area (Å²) >= 11 is 0. The molecule has 0 radical (unpaired) electrons. The molecular formula is C18H20N2O6. The minimum absolute atomic E-state index is 0.274. The fourth-order valence-electron chi connectivity index (χ4n) is 2.56. The third-order valence-electron chi connectivity index (χ3n) is 3.84. The van der Waals surface area contributed by atoms with E-state index in [4.69, 9.17) is 18.7 Å². The zero-order chi connectivity index (χ0) is 18.5. The molecule has 0 fully saturated rings. The predicted molar refractivity (Wildman–Crippen MR) is 91.6 cm³/mol. The summed E-state index contributed by atoms with van der Waals surface area (Å²) in [5.74, 6) is 0.497.